The summed E-state index contributed by atoms with van der Waals surface area (Å²) in [5.74, 6) is 0.812. The van der Waals surface area contributed by atoms with Crippen LogP contribution in [0.2, 0.25) is 0 Å². The number of nitrogens with one attached hydrogen (secondary N) is 1. The van der Waals surface area contributed by atoms with E-state index in [1.165, 1.54) is 0 Å². The van der Waals surface area contributed by atoms with E-state index in [1.54, 1.807) is 18.5 Å². The first-order valence-corrected chi connectivity index (χ1v) is 12.1. The van der Waals surface area contributed by atoms with Crippen molar-refractivity contribution in [1.82, 2.24) is 19.4 Å². The van der Waals surface area contributed by atoms with Crippen molar-refractivity contribution in [2.75, 3.05) is 36.4 Å². The van der Waals surface area contributed by atoms with Gasteiger partial charge in [0.25, 0.3) is 5.91 Å². The highest BCUT2D eigenvalue weighted by molar-refractivity contribution is 6.06. The zero-order chi connectivity index (χ0) is 25.2. The number of amides is 2. The molecule has 0 atom stereocenters. The van der Waals surface area contributed by atoms with Gasteiger partial charge in [0.15, 0.2) is 0 Å². The molecule has 3 N–H and O–H groups in total. The molecule has 1 saturated heterocycles. The Labute approximate surface area is 209 Å². The van der Waals surface area contributed by atoms with E-state index in [9.17, 15) is 9.59 Å². The van der Waals surface area contributed by atoms with E-state index in [1.807, 2.05) is 46.7 Å². The van der Waals surface area contributed by atoms with Gasteiger partial charge in [-0.1, -0.05) is 25.1 Å². The number of nitrogens with zero attached hydrogens (tertiary/aromatic N) is 5. The molecule has 1 aliphatic rings. The van der Waals surface area contributed by atoms with E-state index < -0.39 is 5.91 Å². The maximum absolute atomic E-state index is 12.0. The quantitative estimate of drug-likeness (QED) is 0.433. The van der Waals surface area contributed by atoms with Crippen LogP contribution in [0.15, 0.2) is 60.9 Å². The van der Waals surface area contributed by atoms with E-state index >= 15 is 0 Å². The van der Waals surface area contributed by atoms with Crippen molar-refractivity contribution in [3.05, 3.63) is 72.1 Å². The SMILES string of the molecule is CCC(=O)N1CCN(c2ccc(Nc3nccc(-n4cc(C(N)=O)c5ccccc54)n3)cc2C)CC1. The lowest BCUT2D eigenvalue weighted by Crippen LogP contribution is -2.48. The smallest absolute Gasteiger partial charge is 0.250 e. The van der Waals surface area contributed by atoms with Gasteiger partial charge in [-0.2, -0.15) is 4.98 Å². The second-order valence-corrected chi connectivity index (χ2v) is 8.88. The van der Waals surface area contributed by atoms with Crippen molar-refractivity contribution in [1.29, 1.82) is 0 Å². The average Bonchev–Trinajstić information content (AvgIpc) is 3.29. The van der Waals surface area contributed by atoms with Crippen molar-refractivity contribution in [3.63, 3.8) is 0 Å². The second kappa shape index (κ2) is 9.69. The van der Waals surface area contributed by atoms with Gasteiger partial charge in [-0.15, -0.1) is 0 Å². The highest BCUT2D eigenvalue weighted by Crippen LogP contribution is 2.27. The van der Waals surface area contributed by atoms with E-state index in [0.29, 0.717) is 23.8 Å². The number of para-hydroxylation sites is 1. The number of carbonyl (C=O) groups excluding carboxylic acids is 2. The summed E-state index contributed by atoms with van der Waals surface area (Å²) in [6.07, 6.45) is 3.95. The Balaban J connectivity index is 1.35. The van der Waals surface area contributed by atoms with E-state index in [2.05, 4.69) is 39.2 Å². The lowest BCUT2D eigenvalue weighted by Gasteiger charge is -2.36. The molecule has 1 aliphatic heterocycles. The average molecular weight is 484 g/mol. The molecule has 0 radical (unpaired) electrons. The van der Waals surface area contributed by atoms with Crippen LogP contribution < -0.4 is 16.0 Å². The van der Waals surface area contributed by atoms with Crippen LogP contribution in [0.5, 0.6) is 0 Å². The number of aryl methyl sites for hydroxylation is 1. The summed E-state index contributed by atoms with van der Waals surface area (Å²) < 4.78 is 1.85. The number of benzene rings is 2. The van der Waals surface area contributed by atoms with Gasteiger partial charge in [-0.3, -0.25) is 9.59 Å². The molecule has 9 heteroatoms. The third-order valence-corrected chi connectivity index (χ3v) is 6.59. The van der Waals surface area contributed by atoms with Crippen molar-refractivity contribution >= 4 is 40.0 Å². The Kier molecular flexibility index (Phi) is 6.28. The third kappa shape index (κ3) is 4.47. The second-order valence-electron chi connectivity index (χ2n) is 8.88. The molecule has 1 fully saturated rings. The molecule has 0 unspecified atom stereocenters. The Hall–Kier alpha value is -4.40. The van der Waals surface area contributed by atoms with Crippen LogP contribution in [0, 0.1) is 6.92 Å². The van der Waals surface area contributed by atoms with Crippen molar-refractivity contribution in [3.8, 4) is 5.82 Å². The lowest BCUT2D eigenvalue weighted by atomic mass is 10.1. The molecule has 2 amide bonds. The van der Waals surface area contributed by atoms with Gasteiger partial charge in [0.1, 0.15) is 5.82 Å². The summed E-state index contributed by atoms with van der Waals surface area (Å²) in [5.41, 5.74) is 10.1. The number of carbonyl (C=O) groups is 2. The maximum atomic E-state index is 12.0. The zero-order valence-electron chi connectivity index (χ0n) is 20.4. The van der Waals surface area contributed by atoms with E-state index in [-0.39, 0.29) is 5.91 Å². The summed E-state index contributed by atoms with van der Waals surface area (Å²) in [5, 5.41) is 4.08. The molecule has 2 aromatic heterocycles. The molecule has 0 aliphatic carbocycles. The van der Waals surface area contributed by atoms with Gasteiger partial charge in [-0.05, 0) is 42.8 Å². The Morgan fingerprint density at radius 2 is 1.83 bits per heavy atom. The molecule has 0 spiro atoms. The number of nitrogens with two attached hydrogens (primary N) is 1. The number of piperazine rings is 1. The van der Waals surface area contributed by atoms with Crippen molar-refractivity contribution < 1.29 is 9.59 Å². The zero-order valence-corrected chi connectivity index (χ0v) is 20.4. The van der Waals surface area contributed by atoms with Crippen LogP contribution in [0.25, 0.3) is 16.7 Å². The fourth-order valence-electron chi connectivity index (χ4n) is 4.75. The molecule has 5 rings (SSSR count). The van der Waals surface area contributed by atoms with Crippen LogP contribution in [-0.4, -0.2) is 57.4 Å². The van der Waals surface area contributed by atoms with Gasteiger partial charge in [-0.25, -0.2) is 4.98 Å². The van der Waals surface area contributed by atoms with Crippen molar-refractivity contribution in [2.24, 2.45) is 5.73 Å². The number of hydrogen-bond acceptors (Lipinski definition) is 6. The Morgan fingerprint density at radius 1 is 1.06 bits per heavy atom. The fourth-order valence-corrected chi connectivity index (χ4v) is 4.75. The monoisotopic (exact) mass is 483 g/mol. The first-order chi connectivity index (χ1) is 17.4. The number of anilines is 3. The predicted octanol–water partition coefficient (Wildman–Crippen LogP) is 3.63. The summed E-state index contributed by atoms with van der Waals surface area (Å²) in [4.78, 5) is 37.2. The fraction of sp³-hybridized carbons (Fsp3) is 0.259. The molecular weight excluding hydrogens is 454 g/mol. The van der Waals surface area contributed by atoms with Crippen LogP contribution in [-0.2, 0) is 4.79 Å². The highest BCUT2D eigenvalue weighted by Gasteiger charge is 2.21. The van der Waals surface area contributed by atoms with Gasteiger partial charge < -0.3 is 25.4 Å². The van der Waals surface area contributed by atoms with Gasteiger partial charge in [0.05, 0.1) is 11.1 Å². The van der Waals surface area contributed by atoms with Crippen LogP contribution >= 0.6 is 0 Å². The number of primary amides is 1. The molecule has 3 heterocycles. The third-order valence-electron chi connectivity index (χ3n) is 6.59. The minimum atomic E-state index is -0.480. The summed E-state index contributed by atoms with van der Waals surface area (Å²) in [7, 11) is 0. The van der Waals surface area contributed by atoms with Gasteiger partial charge >= 0.3 is 0 Å². The minimum absolute atomic E-state index is 0.215. The summed E-state index contributed by atoms with van der Waals surface area (Å²) >= 11 is 0. The number of rotatable bonds is 6. The molecule has 2 aromatic carbocycles. The molecule has 184 valence electrons. The first kappa shape index (κ1) is 23.3. The Bertz CT molecular complexity index is 1440. The van der Waals surface area contributed by atoms with Gasteiger partial charge in [0, 0.05) is 61.8 Å². The first-order valence-electron chi connectivity index (χ1n) is 12.1. The molecule has 36 heavy (non-hydrogen) atoms. The number of fused-ring (bicyclic) bond motifs is 1. The number of hydrogen-bond donors (Lipinski definition) is 2. The van der Waals surface area contributed by atoms with Crippen molar-refractivity contribution in [2.45, 2.75) is 20.3 Å². The molecule has 9 nitrogen and oxygen atoms in total. The van der Waals surface area contributed by atoms with E-state index in [0.717, 1.165) is 54.0 Å². The molecule has 4 aromatic rings. The molecular formula is C27H29N7O2. The highest BCUT2D eigenvalue weighted by atomic mass is 16.2. The minimum Gasteiger partial charge on any atom is -0.368 e. The summed E-state index contributed by atoms with van der Waals surface area (Å²) in [6, 6.07) is 15.6. The van der Waals surface area contributed by atoms with Crippen LogP contribution in [0.3, 0.4) is 0 Å². The van der Waals surface area contributed by atoms with E-state index in [4.69, 9.17) is 5.73 Å². The topological polar surface area (TPSA) is 109 Å². The van der Waals surface area contributed by atoms with Gasteiger partial charge in [0.2, 0.25) is 11.9 Å². The molecule has 0 saturated carbocycles. The maximum Gasteiger partial charge on any atom is 0.250 e. The number of aromatic nitrogens is 3. The molecule has 0 bridgehead atoms. The normalized spacial score (nSPS) is 13.7. The van der Waals surface area contributed by atoms with Crippen LogP contribution in [0.1, 0.15) is 29.3 Å². The largest absolute Gasteiger partial charge is 0.368 e. The van der Waals surface area contributed by atoms with Crippen LogP contribution in [0.4, 0.5) is 17.3 Å². The lowest BCUT2D eigenvalue weighted by molar-refractivity contribution is -0.131. The standard InChI is InChI=1S/C27H29N7O2/c1-3-25(35)33-14-12-32(13-15-33)22-9-8-19(16-18(22)2)30-27-29-11-10-24(31-27)34-17-21(26(28)36)20-6-4-5-7-23(20)34/h4-11,16-17H,3,12-15H2,1-2H3,(H2,28,36)(H,29,30,31). The Morgan fingerprint density at radius 3 is 2.56 bits per heavy atom. The summed E-state index contributed by atoms with van der Waals surface area (Å²) in [6.45, 7) is 7.13. The predicted molar refractivity (Wildman–Crippen MR) is 141 cm³/mol.